The zero-order chi connectivity index (χ0) is 15.0. The molecule has 0 aliphatic carbocycles. The van der Waals surface area contributed by atoms with Crippen LogP contribution in [0.3, 0.4) is 0 Å². The van der Waals surface area contributed by atoms with E-state index in [1.165, 1.54) is 0 Å². The highest BCUT2D eigenvalue weighted by atomic mass is 16.2. The first-order chi connectivity index (χ1) is 9.56. The second-order valence-electron chi connectivity index (χ2n) is 4.82. The molecule has 4 N–H and O–H groups in total. The number of hydrogen-bond donors (Lipinski definition) is 3. The van der Waals surface area contributed by atoms with E-state index in [1.807, 2.05) is 31.2 Å². The summed E-state index contributed by atoms with van der Waals surface area (Å²) in [5, 5.41) is 5.66. The molecule has 2 amide bonds. The fourth-order valence-electron chi connectivity index (χ4n) is 1.91. The molecule has 0 aliphatic rings. The molecule has 0 fully saturated rings. The summed E-state index contributed by atoms with van der Waals surface area (Å²) in [5.74, 6) is 0. The topological polar surface area (TPSA) is 70.4 Å². The molecule has 0 saturated heterocycles. The monoisotopic (exact) mass is 278 g/mol. The molecule has 0 aromatic heterocycles. The van der Waals surface area contributed by atoms with Crippen LogP contribution in [0, 0.1) is 0 Å². The molecular formula is C15H26N4O. The van der Waals surface area contributed by atoms with Crippen LogP contribution in [0.25, 0.3) is 0 Å². The zero-order valence-electron chi connectivity index (χ0n) is 12.6. The molecule has 1 atom stereocenters. The molecule has 0 aliphatic heterocycles. The van der Waals surface area contributed by atoms with Crippen molar-refractivity contribution in [3.8, 4) is 0 Å². The lowest BCUT2D eigenvalue weighted by atomic mass is 10.1. The summed E-state index contributed by atoms with van der Waals surface area (Å²) in [6.45, 7) is 9.67. The number of hydrogen-bond acceptors (Lipinski definition) is 3. The van der Waals surface area contributed by atoms with Crippen molar-refractivity contribution in [3.63, 3.8) is 0 Å². The zero-order valence-corrected chi connectivity index (χ0v) is 12.6. The van der Waals surface area contributed by atoms with E-state index in [-0.39, 0.29) is 12.1 Å². The molecule has 5 nitrogen and oxygen atoms in total. The van der Waals surface area contributed by atoms with Crippen LogP contribution in [0.1, 0.15) is 32.4 Å². The number of amides is 2. The second-order valence-corrected chi connectivity index (χ2v) is 4.82. The van der Waals surface area contributed by atoms with Gasteiger partial charge in [0.05, 0.1) is 0 Å². The first kappa shape index (κ1) is 16.5. The fourth-order valence-corrected chi connectivity index (χ4v) is 1.91. The second kappa shape index (κ2) is 8.55. The lowest BCUT2D eigenvalue weighted by Crippen LogP contribution is -2.36. The number of benzene rings is 1. The summed E-state index contributed by atoms with van der Waals surface area (Å²) in [6, 6.07) is 7.41. The summed E-state index contributed by atoms with van der Waals surface area (Å²) in [5.41, 5.74) is 7.61. The van der Waals surface area contributed by atoms with Crippen molar-refractivity contribution in [1.82, 2.24) is 10.2 Å². The lowest BCUT2D eigenvalue weighted by Gasteiger charge is -2.18. The van der Waals surface area contributed by atoms with Gasteiger partial charge in [0.25, 0.3) is 0 Å². The first-order valence-corrected chi connectivity index (χ1v) is 7.19. The number of likely N-dealkylation sites (N-methyl/N-ethyl adjacent to an activating group) is 1. The molecule has 0 radical (unpaired) electrons. The van der Waals surface area contributed by atoms with E-state index in [4.69, 9.17) is 5.73 Å². The number of urea groups is 1. The van der Waals surface area contributed by atoms with Crippen molar-refractivity contribution in [3.05, 3.63) is 29.8 Å². The minimum atomic E-state index is -0.175. The predicted octanol–water partition coefficient (Wildman–Crippen LogP) is 2.17. The quantitative estimate of drug-likeness (QED) is 0.716. The van der Waals surface area contributed by atoms with Gasteiger partial charge in [0, 0.05) is 24.8 Å². The highest BCUT2D eigenvalue weighted by Gasteiger charge is 2.04. The van der Waals surface area contributed by atoms with E-state index >= 15 is 0 Å². The Bertz CT molecular complexity index is 399. The largest absolute Gasteiger partial charge is 0.337 e. The van der Waals surface area contributed by atoms with E-state index in [0.717, 1.165) is 30.9 Å². The fraction of sp³-hybridized carbons (Fsp3) is 0.533. The number of rotatable bonds is 7. The lowest BCUT2D eigenvalue weighted by molar-refractivity contribution is 0.248. The molecule has 0 saturated carbocycles. The number of anilines is 1. The molecule has 1 aromatic rings. The third kappa shape index (κ3) is 5.59. The molecule has 112 valence electrons. The minimum Gasteiger partial charge on any atom is -0.337 e. The third-order valence-electron chi connectivity index (χ3n) is 3.30. The van der Waals surface area contributed by atoms with Crippen LogP contribution in [0.2, 0.25) is 0 Å². The summed E-state index contributed by atoms with van der Waals surface area (Å²) in [7, 11) is 0. The average molecular weight is 278 g/mol. The maximum absolute atomic E-state index is 11.7. The van der Waals surface area contributed by atoms with Crippen LogP contribution in [0.4, 0.5) is 10.5 Å². The van der Waals surface area contributed by atoms with Gasteiger partial charge in [-0.25, -0.2) is 4.79 Å². The smallest absolute Gasteiger partial charge is 0.319 e. The van der Waals surface area contributed by atoms with E-state index in [0.29, 0.717) is 6.54 Å². The Morgan fingerprint density at radius 1 is 1.25 bits per heavy atom. The van der Waals surface area contributed by atoms with E-state index < -0.39 is 0 Å². The Morgan fingerprint density at radius 2 is 1.85 bits per heavy atom. The van der Waals surface area contributed by atoms with Crippen molar-refractivity contribution >= 4 is 11.7 Å². The van der Waals surface area contributed by atoms with Gasteiger partial charge in [-0.2, -0.15) is 0 Å². The highest BCUT2D eigenvalue weighted by Crippen LogP contribution is 2.13. The molecule has 20 heavy (non-hydrogen) atoms. The number of carbonyl (C=O) groups is 1. The van der Waals surface area contributed by atoms with Gasteiger partial charge >= 0.3 is 6.03 Å². The van der Waals surface area contributed by atoms with Crippen molar-refractivity contribution < 1.29 is 4.79 Å². The summed E-state index contributed by atoms with van der Waals surface area (Å²) in [4.78, 5) is 14.0. The van der Waals surface area contributed by atoms with E-state index in [2.05, 4.69) is 29.4 Å². The van der Waals surface area contributed by atoms with Gasteiger partial charge in [0.1, 0.15) is 0 Å². The standard InChI is InChI=1S/C15H26N4O/c1-4-19(5-2)11-10-17-15(20)18-14-8-6-13(7-9-14)12(3)16/h6-9,12H,4-5,10-11,16H2,1-3H3,(H2,17,18,20). The van der Waals surface area contributed by atoms with Gasteiger partial charge in [-0.1, -0.05) is 26.0 Å². The van der Waals surface area contributed by atoms with Crippen LogP contribution >= 0.6 is 0 Å². The molecule has 0 bridgehead atoms. The van der Waals surface area contributed by atoms with Gasteiger partial charge in [0.2, 0.25) is 0 Å². The van der Waals surface area contributed by atoms with Gasteiger partial charge in [-0.05, 0) is 37.7 Å². The van der Waals surface area contributed by atoms with Crippen LogP contribution in [-0.4, -0.2) is 37.1 Å². The van der Waals surface area contributed by atoms with Gasteiger partial charge in [0.15, 0.2) is 0 Å². The maximum Gasteiger partial charge on any atom is 0.319 e. The van der Waals surface area contributed by atoms with Crippen LogP contribution in [0.15, 0.2) is 24.3 Å². The summed E-state index contributed by atoms with van der Waals surface area (Å²) < 4.78 is 0. The SMILES string of the molecule is CCN(CC)CCNC(=O)Nc1ccc(C(C)N)cc1. The van der Waals surface area contributed by atoms with Gasteiger partial charge in [-0.15, -0.1) is 0 Å². The maximum atomic E-state index is 11.7. The highest BCUT2D eigenvalue weighted by molar-refractivity contribution is 5.89. The van der Waals surface area contributed by atoms with Crippen LogP contribution < -0.4 is 16.4 Å². The summed E-state index contributed by atoms with van der Waals surface area (Å²) >= 11 is 0. The Labute approximate surface area is 121 Å². The predicted molar refractivity (Wildman–Crippen MR) is 83.9 cm³/mol. The summed E-state index contributed by atoms with van der Waals surface area (Å²) in [6.07, 6.45) is 0. The number of nitrogens with two attached hydrogens (primary N) is 1. The molecule has 1 aromatic carbocycles. The van der Waals surface area contributed by atoms with Crippen molar-refractivity contribution in [2.45, 2.75) is 26.8 Å². The molecule has 0 spiro atoms. The molecule has 1 unspecified atom stereocenters. The Morgan fingerprint density at radius 3 is 2.35 bits per heavy atom. The van der Waals surface area contributed by atoms with Gasteiger partial charge < -0.3 is 21.3 Å². The van der Waals surface area contributed by atoms with Crippen LogP contribution in [0.5, 0.6) is 0 Å². The minimum absolute atomic E-state index is 0.00643. The first-order valence-electron chi connectivity index (χ1n) is 7.19. The van der Waals surface area contributed by atoms with E-state index in [1.54, 1.807) is 0 Å². The van der Waals surface area contributed by atoms with Crippen LogP contribution in [-0.2, 0) is 0 Å². The molecule has 0 heterocycles. The van der Waals surface area contributed by atoms with Crippen molar-refractivity contribution in [2.75, 3.05) is 31.5 Å². The number of carbonyl (C=O) groups excluding carboxylic acids is 1. The molecular weight excluding hydrogens is 252 g/mol. The third-order valence-corrected chi connectivity index (χ3v) is 3.30. The van der Waals surface area contributed by atoms with Crippen molar-refractivity contribution in [2.24, 2.45) is 5.73 Å². The average Bonchev–Trinajstić information content (AvgIpc) is 2.44. The Hall–Kier alpha value is -1.59. The number of nitrogens with zero attached hydrogens (tertiary/aromatic N) is 1. The normalized spacial score (nSPS) is 12.2. The molecule has 5 heteroatoms. The Kier molecular flexibility index (Phi) is 7.04. The van der Waals surface area contributed by atoms with E-state index in [9.17, 15) is 4.79 Å². The van der Waals surface area contributed by atoms with Crippen molar-refractivity contribution in [1.29, 1.82) is 0 Å². The number of nitrogens with one attached hydrogen (secondary N) is 2. The van der Waals surface area contributed by atoms with Gasteiger partial charge in [-0.3, -0.25) is 0 Å². The molecule has 1 rings (SSSR count). The Balaban J connectivity index is 2.35.